The number of nitrogens with zero attached hydrogens (tertiary/aromatic N) is 2. The maximum absolute atomic E-state index is 12.3. The zero-order valence-corrected chi connectivity index (χ0v) is 13.4. The summed E-state index contributed by atoms with van der Waals surface area (Å²) in [6.45, 7) is 2.29. The van der Waals surface area contributed by atoms with E-state index in [0.717, 1.165) is 16.9 Å². The highest BCUT2D eigenvalue weighted by Gasteiger charge is 2.15. The molecule has 0 spiro atoms. The molecule has 23 heavy (non-hydrogen) atoms. The number of aryl methyl sites for hydroxylation is 1. The number of thiazole rings is 1. The number of amides is 1. The summed E-state index contributed by atoms with van der Waals surface area (Å²) in [4.78, 5) is 21.4. The molecule has 0 unspecified atom stereocenters. The summed E-state index contributed by atoms with van der Waals surface area (Å²) in [7, 11) is 0. The Morgan fingerprint density at radius 1 is 1.17 bits per heavy atom. The van der Waals surface area contributed by atoms with E-state index in [2.05, 4.69) is 20.6 Å². The van der Waals surface area contributed by atoms with Crippen LogP contribution >= 0.6 is 11.3 Å². The van der Waals surface area contributed by atoms with Crippen molar-refractivity contribution in [3.63, 3.8) is 0 Å². The fourth-order valence-corrected chi connectivity index (χ4v) is 2.97. The molecule has 116 valence electrons. The molecule has 0 fully saturated rings. The highest BCUT2D eigenvalue weighted by Crippen LogP contribution is 2.25. The molecular formula is C17H16N4OS. The van der Waals surface area contributed by atoms with Gasteiger partial charge in [-0.15, -0.1) is 0 Å². The van der Waals surface area contributed by atoms with E-state index < -0.39 is 0 Å². The highest BCUT2D eigenvalue weighted by molar-refractivity contribution is 7.17. The van der Waals surface area contributed by atoms with Crippen molar-refractivity contribution < 1.29 is 4.79 Å². The van der Waals surface area contributed by atoms with E-state index in [-0.39, 0.29) is 5.91 Å². The molecule has 0 bridgehead atoms. The highest BCUT2D eigenvalue weighted by atomic mass is 32.1. The third kappa shape index (κ3) is 3.92. The molecule has 2 aromatic heterocycles. The van der Waals surface area contributed by atoms with Crippen molar-refractivity contribution in [3.8, 4) is 0 Å². The van der Waals surface area contributed by atoms with E-state index in [1.807, 2.05) is 49.4 Å². The first-order valence-electron chi connectivity index (χ1n) is 7.19. The fraction of sp³-hybridized carbons (Fsp3) is 0.118. The van der Waals surface area contributed by atoms with Gasteiger partial charge in [-0.2, -0.15) is 0 Å². The van der Waals surface area contributed by atoms with E-state index in [1.165, 1.54) is 11.3 Å². The van der Waals surface area contributed by atoms with Crippen molar-refractivity contribution in [1.29, 1.82) is 0 Å². The average molecular weight is 324 g/mol. The van der Waals surface area contributed by atoms with Crippen molar-refractivity contribution >= 4 is 28.1 Å². The number of carbonyl (C=O) groups is 1. The van der Waals surface area contributed by atoms with Gasteiger partial charge in [0.1, 0.15) is 4.88 Å². The van der Waals surface area contributed by atoms with Crippen molar-refractivity contribution in [2.75, 3.05) is 5.32 Å². The Morgan fingerprint density at radius 3 is 2.74 bits per heavy atom. The Balaban J connectivity index is 1.67. The van der Waals surface area contributed by atoms with Crippen LogP contribution in [0.2, 0.25) is 0 Å². The number of benzene rings is 1. The number of carbonyl (C=O) groups excluding carboxylic acids is 1. The lowest BCUT2D eigenvalue weighted by Crippen LogP contribution is -2.22. The fourth-order valence-electron chi connectivity index (χ4n) is 2.07. The molecule has 0 radical (unpaired) electrons. The van der Waals surface area contributed by atoms with Crippen LogP contribution in [-0.4, -0.2) is 15.9 Å². The predicted octanol–water partition coefficient (Wildman–Crippen LogP) is 3.52. The normalized spacial score (nSPS) is 10.3. The number of para-hydroxylation sites is 1. The van der Waals surface area contributed by atoms with Gasteiger partial charge in [-0.05, 0) is 30.7 Å². The van der Waals surface area contributed by atoms with Gasteiger partial charge in [0.15, 0.2) is 5.13 Å². The molecule has 0 atom stereocenters. The van der Waals surface area contributed by atoms with Gasteiger partial charge >= 0.3 is 0 Å². The van der Waals surface area contributed by atoms with Crippen LogP contribution in [0, 0.1) is 6.92 Å². The summed E-state index contributed by atoms with van der Waals surface area (Å²) in [6.07, 6.45) is 3.45. The predicted molar refractivity (Wildman–Crippen MR) is 92.0 cm³/mol. The van der Waals surface area contributed by atoms with Gasteiger partial charge in [0.2, 0.25) is 0 Å². The standard InChI is InChI=1S/C17H16N4OS/c1-12-15(16(22)19-11-13-6-5-9-18-10-13)23-17(20-12)21-14-7-3-2-4-8-14/h2-10H,11H2,1H3,(H,19,22)(H,20,21). The summed E-state index contributed by atoms with van der Waals surface area (Å²) in [6, 6.07) is 13.5. The van der Waals surface area contributed by atoms with Crippen LogP contribution < -0.4 is 10.6 Å². The van der Waals surface area contributed by atoms with E-state index >= 15 is 0 Å². The summed E-state index contributed by atoms with van der Waals surface area (Å²) < 4.78 is 0. The molecule has 0 aliphatic heterocycles. The third-order valence-electron chi connectivity index (χ3n) is 3.20. The van der Waals surface area contributed by atoms with Crippen molar-refractivity contribution in [2.24, 2.45) is 0 Å². The summed E-state index contributed by atoms with van der Waals surface area (Å²) in [5.74, 6) is -0.120. The lowest BCUT2D eigenvalue weighted by molar-refractivity contribution is 0.0954. The lowest BCUT2D eigenvalue weighted by Gasteiger charge is -2.03. The number of nitrogens with one attached hydrogen (secondary N) is 2. The van der Waals surface area contributed by atoms with Gasteiger partial charge in [0.05, 0.1) is 5.69 Å². The van der Waals surface area contributed by atoms with Crippen molar-refractivity contribution in [2.45, 2.75) is 13.5 Å². The Labute approximate surface area is 138 Å². The smallest absolute Gasteiger partial charge is 0.263 e. The Bertz CT molecular complexity index is 787. The second-order valence-corrected chi connectivity index (χ2v) is 5.97. The third-order valence-corrected chi connectivity index (χ3v) is 4.28. The maximum atomic E-state index is 12.3. The molecule has 2 N–H and O–H groups in total. The topological polar surface area (TPSA) is 66.9 Å². The maximum Gasteiger partial charge on any atom is 0.263 e. The van der Waals surface area contributed by atoms with Crippen LogP contribution in [0.1, 0.15) is 20.9 Å². The Kier molecular flexibility index (Phi) is 4.63. The van der Waals surface area contributed by atoms with Gasteiger partial charge in [-0.25, -0.2) is 4.98 Å². The Hall–Kier alpha value is -2.73. The minimum absolute atomic E-state index is 0.120. The molecule has 0 aliphatic rings. The molecular weight excluding hydrogens is 308 g/mol. The summed E-state index contributed by atoms with van der Waals surface area (Å²) in [5, 5.41) is 6.82. The molecule has 1 aromatic carbocycles. The van der Waals surface area contributed by atoms with Gasteiger partial charge in [-0.3, -0.25) is 9.78 Å². The number of rotatable bonds is 5. The number of hydrogen-bond acceptors (Lipinski definition) is 5. The average Bonchev–Trinajstić information content (AvgIpc) is 2.95. The molecule has 0 aliphatic carbocycles. The lowest BCUT2D eigenvalue weighted by atomic mass is 10.3. The summed E-state index contributed by atoms with van der Waals surface area (Å²) >= 11 is 1.35. The van der Waals surface area contributed by atoms with E-state index in [1.54, 1.807) is 12.4 Å². The van der Waals surface area contributed by atoms with Gasteiger partial charge in [0.25, 0.3) is 5.91 Å². The molecule has 5 nitrogen and oxygen atoms in total. The van der Waals surface area contributed by atoms with E-state index in [4.69, 9.17) is 0 Å². The summed E-state index contributed by atoms with van der Waals surface area (Å²) in [5.41, 5.74) is 2.63. The first-order valence-corrected chi connectivity index (χ1v) is 8.00. The first-order chi connectivity index (χ1) is 11.2. The quantitative estimate of drug-likeness (QED) is 0.753. The van der Waals surface area contributed by atoms with Gasteiger partial charge in [-0.1, -0.05) is 35.6 Å². The van der Waals surface area contributed by atoms with Gasteiger partial charge < -0.3 is 10.6 Å². The van der Waals surface area contributed by atoms with E-state index in [9.17, 15) is 4.79 Å². The molecule has 6 heteroatoms. The van der Waals surface area contributed by atoms with Crippen LogP contribution in [0.4, 0.5) is 10.8 Å². The molecule has 0 saturated heterocycles. The van der Waals surface area contributed by atoms with Gasteiger partial charge in [0, 0.05) is 24.6 Å². The minimum atomic E-state index is -0.120. The second kappa shape index (κ2) is 7.02. The Morgan fingerprint density at radius 2 is 2.00 bits per heavy atom. The molecule has 0 saturated carbocycles. The van der Waals surface area contributed by atoms with Crippen LogP contribution in [0.3, 0.4) is 0 Å². The minimum Gasteiger partial charge on any atom is -0.347 e. The molecule has 2 heterocycles. The zero-order chi connectivity index (χ0) is 16.1. The van der Waals surface area contributed by atoms with Crippen LogP contribution in [-0.2, 0) is 6.54 Å². The molecule has 3 aromatic rings. The monoisotopic (exact) mass is 324 g/mol. The molecule has 1 amide bonds. The number of hydrogen-bond donors (Lipinski definition) is 2. The first kappa shape index (κ1) is 15.2. The number of pyridine rings is 1. The SMILES string of the molecule is Cc1nc(Nc2ccccc2)sc1C(=O)NCc1cccnc1. The zero-order valence-electron chi connectivity index (χ0n) is 12.6. The van der Waals surface area contributed by atoms with Crippen LogP contribution in [0.5, 0.6) is 0 Å². The molecule has 3 rings (SSSR count). The van der Waals surface area contributed by atoms with E-state index in [0.29, 0.717) is 16.6 Å². The number of anilines is 2. The number of aromatic nitrogens is 2. The van der Waals surface area contributed by atoms with Crippen LogP contribution in [0.15, 0.2) is 54.9 Å². The largest absolute Gasteiger partial charge is 0.347 e. The van der Waals surface area contributed by atoms with Crippen LogP contribution in [0.25, 0.3) is 0 Å². The van der Waals surface area contributed by atoms with Crippen molar-refractivity contribution in [3.05, 3.63) is 71.0 Å². The second-order valence-electron chi connectivity index (χ2n) is 4.97. The van der Waals surface area contributed by atoms with Crippen molar-refractivity contribution in [1.82, 2.24) is 15.3 Å².